The van der Waals surface area contributed by atoms with E-state index in [-0.39, 0.29) is 23.8 Å². The zero-order valence-corrected chi connectivity index (χ0v) is 16.4. The molecule has 0 unspecified atom stereocenters. The van der Waals surface area contributed by atoms with Crippen molar-refractivity contribution in [2.75, 3.05) is 20.7 Å². The standard InChI is InChI=1S/C21H31N3O3/c1-24-14-18(22-13-15-5-3-8-19(11-15)27-2)7-4-6-16(12-20(24)25)21(26)23-17-9-10-17/h3,5,8,11,16-18,22H,4,6-7,9-10,12-14H2,1-2H3,(H,23,26)/t16-,18-/m1/s1. The Kier molecular flexibility index (Phi) is 6.72. The molecule has 1 aliphatic heterocycles. The molecule has 0 radical (unpaired) electrons. The summed E-state index contributed by atoms with van der Waals surface area (Å²) >= 11 is 0. The van der Waals surface area contributed by atoms with Crippen LogP contribution in [0.5, 0.6) is 5.75 Å². The quantitative estimate of drug-likeness (QED) is 0.801. The number of hydrogen-bond donors (Lipinski definition) is 2. The number of carbonyl (C=O) groups excluding carboxylic acids is 2. The number of carbonyl (C=O) groups is 2. The zero-order chi connectivity index (χ0) is 19.2. The van der Waals surface area contributed by atoms with Crippen LogP contribution in [0.1, 0.15) is 44.1 Å². The van der Waals surface area contributed by atoms with E-state index >= 15 is 0 Å². The smallest absolute Gasteiger partial charge is 0.223 e. The maximum atomic E-state index is 12.5. The molecule has 2 N–H and O–H groups in total. The normalized spacial score (nSPS) is 23.9. The first-order chi connectivity index (χ1) is 13.0. The van der Waals surface area contributed by atoms with Crippen molar-refractivity contribution in [1.82, 2.24) is 15.5 Å². The van der Waals surface area contributed by atoms with Crippen LogP contribution < -0.4 is 15.4 Å². The SMILES string of the molecule is COc1cccc(CN[C@@H]2CCC[C@@H](C(=O)NC3CC3)CC(=O)N(C)C2)c1. The van der Waals surface area contributed by atoms with E-state index in [1.807, 2.05) is 25.2 Å². The van der Waals surface area contributed by atoms with Gasteiger partial charge in [-0.25, -0.2) is 0 Å². The molecule has 1 heterocycles. The Labute approximate surface area is 161 Å². The van der Waals surface area contributed by atoms with Crippen molar-refractivity contribution in [2.45, 2.75) is 57.2 Å². The van der Waals surface area contributed by atoms with Gasteiger partial charge in [0.05, 0.1) is 7.11 Å². The highest BCUT2D eigenvalue weighted by Crippen LogP contribution is 2.23. The number of ether oxygens (including phenoxy) is 1. The Bertz CT molecular complexity index is 660. The van der Waals surface area contributed by atoms with E-state index in [1.54, 1.807) is 12.0 Å². The van der Waals surface area contributed by atoms with Gasteiger partial charge < -0.3 is 20.3 Å². The second-order valence-corrected chi connectivity index (χ2v) is 7.82. The van der Waals surface area contributed by atoms with Crippen LogP contribution in [0.25, 0.3) is 0 Å². The topological polar surface area (TPSA) is 70.7 Å². The first-order valence-corrected chi connectivity index (χ1v) is 9.96. The lowest BCUT2D eigenvalue weighted by atomic mass is 9.96. The summed E-state index contributed by atoms with van der Waals surface area (Å²) in [5.74, 6) is 0.765. The van der Waals surface area contributed by atoms with Gasteiger partial charge >= 0.3 is 0 Å². The minimum absolute atomic E-state index is 0.0565. The molecule has 0 spiro atoms. The minimum Gasteiger partial charge on any atom is -0.497 e. The maximum absolute atomic E-state index is 12.5. The van der Waals surface area contributed by atoms with Crippen LogP contribution in [-0.4, -0.2) is 49.5 Å². The van der Waals surface area contributed by atoms with Gasteiger partial charge in [-0.05, 0) is 43.4 Å². The lowest BCUT2D eigenvalue weighted by Gasteiger charge is -2.24. The van der Waals surface area contributed by atoms with E-state index in [0.717, 1.165) is 50.0 Å². The van der Waals surface area contributed by atoms with Gasteiger partial charge in [0.25, 0.3) is 0 Å². The summed E-state index contributed by atoms with van der Waals surface area (Å²) in [6, 6.07) is 8.57. The number of nitrogens with zero attached hydrogens (tertiary/aromatic N) is 1. The fourth-order valence-corrected chi connectivity index (χ4v) is 3.58. The van der Waals surface area contributed by atoms with E-state index in [0.29, 0.717) is 19.0 Å². The highest BCUT2D eigenvalue weighted by Gasteiger charge is 2.30. The van der Waals surface area contributed by atoms with Crippen molar-refractivity contribution in [3.05, 3.63) is 29.8 Å². The fraction of sp³-hybridized carbons (Fsp3) is 0.619. The van der Waals surface area contributed by atoms with Gasteiger partial charge in [-0.3, -0.25) is 9.59 Å². The monoisotopic (exact) mass is 373 g/mol. The summed E-state index contributed by atoms with van der Waals surface area (Å²) in [5.41, 5.74) is 1.16. The van der Waals surface area contributed by atoms with Gasteiger partial charge in [0.15, 0.2) is 0 Å². The number of hydrogen-bond acceptors (Lipinski definition) is 4. The summed E-state index contributed by atoms with van der Waals surface area (Å²) in [4.78, 5) is 26.7. The Hall–Kier alpha value is -2.08. The number of benzene rings is 1. The van der Waals surface area contributed by atoms with Gasteiger partial charge in [0.1, 0.15) is 5.75 Å². The van der Waals surface area contributed by atoms with E-state index < -0.39 is 0 Å². The molecule has 27 heavy (non-hydrogen) atoms. The molecular formula is C21H31N3O3. The summed E-state index contributed by atoms with van der Waals surface area (Å²) in [6.45, 7) is 1.40. The van der Waals surface area contributed by atoms with Crippen LogP contribution in [0.3, 0.4) is 0 Å². The molecule has 2 amide bonds. The van der Waals surface area contributed by atoms with Crippen molar-refractivity contribution in [2.24, 2.45) is 5.92 Å². The van der Waals surface area contributed by atoms with Crippen LogP contribution in [0.2, 0.25) is 0 Å². The van der Waals surface area contributed by atoms with Crippen LogP contribution >= 0.6 is 0 Å². The third-order valence-corrected chi connectivity index (χ3v) is 5.47. The third kappa shape index (κ3) is 5.96. The molecule has 1 saturated carbocycles. The first kappa shape index (κ1) is 19.7. The molecule has 1 aromatic rings. The van der Waals surface area contributed by atoms with Gasteiger partial charge in [0.2, 0.25) is 11.8 Å². The summed E-state index contributed by atoms with van der Waals surface area (Å²) < 4.78 is 5.28. The molecule has 1 aliphatic carbocycles. The molecule has 1 saturated heterocycles. The van der Waals surface area contributed by atoms with Crippen molar-refractivity contribution in [3.63, 3.8) is 0 Å². The van der Waals surface area contributed by atoms with Crippen LogP contribution in [0.15, 0.2) is 24.3 Å². The average molecular weight is 373 g/mol. The van der Waals surface area contributed by atoms with Crippen molar-refractivity contribution in [3.8, 4) is 5.75 Å². The van der Waals surface area contributed by atoms with Gasteiger partial charge in [-0.15, -0.1) is 0 Å². The Balaban J connectivity index is 1.56. The summed E-state index contributed by atoms with van der Waals surface area (Å²) in [5, 5.41) is 6.63. The largest absolute Gasteiger partial charge is 0.497 e. The Morgan fingerprint density at radius 3 is 2.78 bits per heavy atom. The molecule has 6 heteroatoms. The lowest BCUT2D eigenvalue weighted by Crippen LogP contribution is -2.42. The number of nitrogens with one attached hydrogen (secondary N) is 2. The van der Waals surface area contributed by atoms with Gasteiger partial charge in [-0.1, -0.05) is 18.6 Å². The number of methoxy groups -OCH3 is 1. The molecule has 3 rings (SSSR count). The molecule has 0 aromatic heterocycles. The minimum atomic E-state index is -0.197. The molecule has 6 nitrogen and oxygen atoms in total. The number of amides is 2. The van der Waals surface area contributed by atoms with Crippen molar-refractivity contribution in [1.29, 1.82) is 0 Å². The zero-order valence-electron chi connectivity index (χ0n) is 16.4. The Morgan fingerprint density at radius 2 is 2.04 bits per heavy atom. The molecule has 148 valence electrons. The number of rotatable bonds is 6. The fourth-order valence-electron chi connectivity index (χ4n) is 3.58. The van der Waals surface area contributed by atoms with E-state index in [1.165, 1.54) is 0 Å². The first-order valence-electron chi connectivity index (χ1n) is 9.96. The Morgan fingerprint density at radius 1 is 1.22 bits per heavy atom. The predicted molar refractivity (Wildman–Crippen MR) is 104 cm³/mol. The molecular weight excluding hydrogens is 342 g/mol. The molecule has 2 atom stereocenters. The van der Waals surface area contributed by atoms with Crippen LogP contribution in [-0.2, 0) is 16.1 Å². The molecule has 2 fully saturated rings. The van der Waals surface area contributed by atoms with Crippen LogP contribution in [0, 0.1) is 5.92 Å². The van der Waals surface area contributed by atoms with E-state index in [2.05, 4.69) is 16.7 Å². The average Bonchev–Trinajstić information content (AvgIpc) is 3.47. The van der Waals surface area contributed by atoms with Crippen molar-refractivity contribution >= 4 is 11.8 Å². The summed E-state index contributed by atoms with van der Waals surface area (Å²) in [7, 11) is 3.50. The predicted octanol–water partition coefficient (Wildman–Crippen LogP) is 2.08. The van der Waals surface area contributed by atoms with Gasteiger partial charge in [-0.2, -0.15) is 0 Å². The van der Waals surface area contributed by atoms with E-state index in [9.17, 15) is 9.59 Å². The second kappa shape index (κ2) is 9.22. The maximum Gasteiger partial charge on any atom is 0.223 e. The van der Waals surface area contributed by atoms with Crippen molar-refractivity contribution < 1.29 is 14.3 Å². The number of likely N-dealkylation sites (N-methyl/N-ethyl adjacent to an activating group) is 1. The lowest BCUT2D eigenvalue weighted by molar-refractivity contribution is -0.135. The molecule has 2 aliphatic rings. The third-order valence-electron chi connectivity index (χ3n) is 5.47. The summed E-state index contributed by atoms with van der Waals surface area (Å²) in [6.07, 6.45) is 5.13. The van der Waals surface area contributed by atoms with Gasteiger partial charge in [0, 0.05) is 44.6 Å². The molecule has 0 bridgehead atoms. The molecule has 1 aromatic carbocycles. The van der Waals surface area contributed by atoms with Crippen LogP contribution in [0.4, 0.5) is 0 Å². The second-order valence-electron chi connectivity index (χ2n) is 7.82. The highest BCUT2D eigenvalue weighted by molar-refractivity contribution is 5.86. The van der Waals surface area contributed by atoms with E-state index in [4.69, 9.17) is 4.74 Å². The highest BCUT2D eigenvalue weighted by atomic mass is 16.5.